The second-order valence-electron chi connectivity index (χ2n) is 3.26. The number of nitrogens with one attached hydrogen (secondary N) is 1. The first-order valence-corrected chi connectivity index (χ1v) is 6.03. The number of imidazole rings is 1. The third-order valence-corrected chi connectivity index (χ3v) is 3.51. The van der Waals surface area contributed by atoms with E-state index in [4.69, 9.17) is 17.3 Å². The Balaban J connectivity index is 2.06. The van der Waals surface area contributed by atoms with Crippen molar-refractivity contribution < 1.29 is 0 Å². The molecule has 0 bridgehead atoms. The molecule has 0 atom stereocenters. The van der Waals surface area contributed by atoms with E-state index in [1.165, 1.54) is 24.3 Å². The summed E-state index contributed by atoms with van der Waals surface area (Å²) < 4.78 is 0. The quantitative estimate of drug-likeness (QED) is 0.685. The topological polar surface area (TPSA) is 106 Å². The third-order valence-electron chi connectivity index (χ3n) is 2.11. The molecule has 0 amide bonds. The van der Waals surface area contributed by atoms with Crippen LogP contribution in [0.2, 0.25) is 5.02 Å². The van der Waals surface area contributed by atoms with Crippen LogP contribution in [0.3, 0.4) is 0 Å². The van der Waals surface area contributed by atoms with Crippen molar-refractivity contribution in [3.05, 3.63) is 23.9 Å². The molecule has 3 heterocycles. The minimum absolute atomic E-state index is 0.164. The molecule has 0 aromatic carbocycles. The van der Waals surface area contributed by atoms with Gasteiger partial charge in [-0.25, -0.2) is 24.9 Å². The molecule has 0 saturated carbocycles. The summed E-state index contributed by atoms with van der Waals surface area (Å²) in [5, 5.41) is 1.64. The summed E-state index contributed by atoms with van der Waals surface area (Å²) in [7, 11) is 0. The Bertz CT molecular complexity index is 713. The molecule has 0 aliphatic rings. The number of halogens is 1. The third kappa shape index (κ3) is 1.95. The maximum absolute atomic E-state index is 6.00. The summed E-state index contributed by atoms with van der Waals surface area (Å²) in [6.45, 7) is 0. The van der Waals surface area contributed by atoms with Crippen molar-refractivity contribution in [3.63, 3.8) is 0 Å². The summed E-state index contributed by atoms with van der Waals surface area (Å²) in [6, 6.07) is 0. The van der Waals surface area contributed by atoms with Gasteiger partial charge in [-0.1, -0.05) is 11.6 Å². The Morgan fingerprint density at radius 2 is 2.06 bits per heavy atom. The monoisotopic (exact) mass is 279 g/mol. The number of anilines is 1. The van der Waals surface area contributed by atoms with E-state index in [0.29, 0.717) is 20.7 Å². The Labute approximate surface area is 110 Å². The van der Waals surface area contributed by atoms with Crippen LogP contribution in [-0.4, -0.2) is 29.9 Å². The Kier molecular flexibility index (Phi) is 2.73. The summed E-state index contributed by atoms with van der Waals surface area (Å²) in [6.07, 6.45) is 4.45. The average Bonchev–Trinajstić information content (AvgIpc) is 2.83. The minimum atomic E-state index is 0.164. The SMILES string of the molecule is Nc1ncc(Cl)c(Sc2ncnc3nc[nH]c23)n1. The lowest BCUT2D eigenvalue weighted by atomic mass is 10.6. The molecule has 0 saturated heterocycles. The van der Waals surface area contributed by atoms with E-state index < -0.39 is 0 Å². The van der Waals surface area contributed by atoms with E-state index in [1.54, 1.807) is 6.33 Å². The zero-order valence-electron chi connectivity index (χ0n) is 8.83. The lowest BCUT2D eigenvalue weighted by Gasteiger charge is -2.03. The molecule has 3 aromatic heterocycles. The number of H-pyrrole nitrogens is 1. The molecular formula is C9H6ClN7S. The van der Waals surface area contributed by atoms with Gasteiger partial charge in [-0.05, 0) is 11.8 Å². The molecule has 90 valence electrons. The molecule has 0 aliphatic heterocycles. The number of hydrogen-bond acceptors (Lipinski definition) is 7. The first-order valence-electron chi connectivity index (χ1n) is 4.84. The molecule has 3 rings (SSSR count). The first kappa shape index (κ1) is 11.2. The Hall–Kier alpha value is -1.93. The second kappa shape index (κ2) is 4.39. The van der Waals surface area contributed by atoms with Gasteiger partial charge in [-0.2, -0.15) is 0 Å². The van der Waals surface area contributed by atoms with Crippen molar-refractivity contribution in [2.75, 3.05) is 5.73 Å². The van der Waals surface area contributed by atoms with E-state index in [2.05, 4.69) is 29.9 Å². The van der Waals surface area contributed by atoms with Gasteiger partial charge in [-0.15, -0.1) is 0 Å². The lowest BCUT2D eigenvalue weighted by molar-refractivity contribution is 1.04. The normalized spacial score (nSPS) is 10.9. The van der Waals surface area contributed by atoms with Crippen molar-refractivity contribution in [2.45, 2.75) is 10.1 Å². The summed E-state index contributed by atoms with van der Waals surface area (Å²) in [5.41, 5.74) is 6.85. The molecule has 0 unspecified atom stereocenters. The van der Waals surface area contributed by atoms with Gasteiger partial charge < -0.3 is 10.7 Å². The lowest BCUT2D eigenvalue weighted by Crippen LogP contribution is -1.96. The second-order valence-corrected chi connectivity index (χ2v) is 4.65. The van der Waals surface area contributed by atoms with Crippen molar-refractivity contribution in [1.82, 2.24) is 29.9 Å². The van der Waals surface area contributed by atoms with Gasteiger partial charge in [0.15, 0.2) is 5.65 Å². The van der Waals surface area contributed by atoms with Crippen LogP contribution in [-0.2, 0) is 0 Å². The van der Waals surface area contributed by atoms with Gasteiger partial charge in [0.2, 0.25) is 5.95 Å². The van der Waals surface area contributed by atoms with Gasteiger partial charge in [0, 0.05) is 0 Å². The Morgan fingerprint density at radius 3 is 2.94 bits per heavy atom. The first-order chi connectivity index (χ1) is 8.74. The molecular weight excluding hydrogens is 274 g/mol. The van der Waals surface area contributed by atoms with Gasteiger partial charge >= 0.3 is 0 Å². The number of nitrogens with two attached hydrogens (primary N) is 1. The zero-order valence-corrected chi connectivity index (χ0v) is 10.4. The largest absolute Gasteiger partial charge is 0.368 e. The van der Waals surface area contributed by atoms with E-state index in [0.717, 1.165) is 5.52 Å². The van der Waals surface area contributed by atoms with E-state index in [9.17, 15) is 0 Å². The molecule has 3 N–H and O–H groups in total. The highest BCUT2D eigenvalue weighted by atomic mass is 35.5. The van der Waals surface area contributed by atoms with Crippen molar-refractivity contribution in [3.8, 4) is 0 Å². The van der Waals surface area contributed by atoms with Crippen LogP contribution < -0.4 is 5.73 Å². The van der Waals surface area contributed by atoms with Crippen molar-refractivity contribution in [1.29, 1.82) is 0 Å². The number of aromatic amines is 1. The summed E-state index contributed by atoms with van der Waals surface area (Å²) in [5.74, 6) is 0.164. The van der Waals surface area contributed by atoms with Crippen LogP contribution in [0.15, 0.2) is 28.9 Å². The highest BCUT2D eigenvalue weighted by Gasteiger charge is 2.11. The molecule has 9 heteroatoms. The maximum atomic E-state index is 6.00. The Morgan fingerprint density at radius 1 is 1.17 bits per heavy atom. The highest BCUT2D eigenvalue weighted by molar-refractivity contribution is 7.99. The van der Waals surface area contributed by atoms with Crippen LogP contribution >= 0.6 is 23.4 Å². The number of fused-ring (bicyclic) bond motifs is 1. The molecule has 0 radical (unpaired) electrons. The maximum Gasteiger partial charge on any atom is 0.221 e. The molecule has 18 heavy (non-hydrogen) atoms. The number of nitrogens with zero attached hydrogens (tertiary/aromatic N) is 5. The predicted octanol–water partition coefficient (Wildman–Crippen LogP) is 1.53. The van der Waals surface area contributed by atoms with Crippen LogP contribution in [0.4, 0.5) is 5.95 Å². The minimum Gasteiger partial charge on any atom is -0.368 e. The predicted molar refractivity (Wildman–Crippen MR) is 67.3 cm³/mol. The van der Waals surface area contributed by atoms with E-state index >= 15 is 0 Å². The van der Waals surface area contributed by atoms with Gasteiger partial charge in [0.1, 0.15) is 21.9 Å². The van der Waals surface area contributed by atoms with Crippen LogP contribution in [0.5, 0.6) is 0 Å². The van der Waals surface area contributed by atoms with E-state index in [-0.39, 0.29) is 5.95 Å². The fourth-order valence-electron chi connectivity index (χ4n) is 1.35. The fourth-order valence-corrected chi connectivity index (χ4v) is 2.38. The molecule has 0 fully saturated rings. The molecule has 3 aromatic rings. The summed E-state index contributed by atoms with van der Waals surface area (Å²) in [4.78, 5) is 23.1. The number of aromatic nitrogens is 6. The smallest absolute Gasteiger partial charge is 0.221 e. The van der Waals surface area contributed by atoms with E-state index in [1.807, 2.05) is 0 Å². The summed E-state index contributed by atoms with van der Waals surface area (Å²) >= 11 is 7.28. The highest BCUT2D eigenvalue weighted by Crippen LogP contribution is 2.32. The van der Waals surface area contributed by atoms with Crippen molar-refractivity contribution in [2.24, 2.45) is 0 Å². The van der Waals surface area contributed by atoms with Gasteiger partial charge in [-0.3, -0.25) is 0 Å². The number of nitrogen functional groups attached to an aromatic ring is 1. The number of rotatable bonds is 2. The van der Waals surface area contributed by atoms with Crippen molar-refractivity contribution >= 4 is 40.5 Å². The standard InChI is InChI=1S/C9H6ClN7S/c10-4-1-12-9(11)17-7(4)18-8-5-6(14-2-13-5)15-3-16-8/h1-3H,(H2,11,12,17)(H,13,14,15,16). The molecule has 0 spiro atoms. The van der Waals surface area contributed by atoms with Gasteiger partial charge in [0.25, 0.3) is 0 Å². The fraction of sp³-hybridized carbons (Fsp3) is 0. The van der Waals surface area contributed by atoms with Crippen LogP contribution in [0, 0.1) is 0 Å². The van der Waals surface area contributed by atoms with Crippen LogP contribution in [0.25, 0.3) is 11.2 Å². The number of hydrogen-bond donors (Lipinski definition) is 2. The molecule has 7 nitrogen and oxygen atoms in total. The van der Waals surface area contributed by atoms with Gasteiger partial charge in [0.05, 0.1) is 17.5 Å². The van der Waals surface area contributed by atoms with Crippen LogP contribution in [0.1, 0.15) is 0 Å². The average molecular weight is 280 g/mol. The zero-order chi connectivity index (χ0) is 12.5. The molecule has 0 aliphatic carbocycles.